The number of rotatable bonds is 0. The second-order valence-electron chi connectivity index (χ2n) is 2.59. The van der Waals surface area contributed by atoms with Gasteiger partial charge in [0.05, 0.1) is 6.04 Å². The molecule has 11 heavy (non-hydrogen) atoms. The molecule has 1 atom stereocenters. The van der Waals surface area contributed by atoms with Gasteiger partial charge in [-0.1, -0.05) is 6.08 Å². The van der Waals surface area contributed by atoms with E-state index < -0.39 is 12.0 Å². The Morgan fingerprint density at radius 3 is 2.55 bits per heavy atom. The Kier molecular flexibility index (Phi) is 1.72. The molecule has 0 bridgehead atoms. The Morgan fingerprint density at radius 2 is 2.09 bits per heavy atom. The van der Waals surface area contributed by atoms with Gasteiger partial charge < -0.3 is 11.5 Å². The fraction of sp³-hybridized carbons (Fsp3) is 0.429. The lowest BCUT2D eigenvalue weighted by Crippen LogP contribution is -2.34. The van der Waals surface area contributed by atoms with Crippen molar-refractivity contribution in [3.63, 3.8) is 0 Å². The van der Waals surface area contributed by atoms with Gasteiger partial charge in [0.15, 0.2) is 0 Å². The van der Waals surface area contributed by atoms with Crippen LogP contribution in [0.4, 0.5) is 8.78 Å². The summed E-state index contributed by atoms with van der Waals surface area (Å²) < 4.78 is 25.5. The van der Waals surface area contributed by atoms with Gasteiger partial charge in [-0.3, -0.25) is 0 Å². The fourth-order valence-electron chi connectivity index (χ4n) is 0.896. The van der Waals surface area contributed by atoms with E-state index in [1.54, 1.807) is 0 Å². The van der Waals surface area contributed by atoms with Gasteiger partial charge in [0, 0.05) is 11.3 Å². The lowest BCUT2D eigenvalue weighted by Gasteiger charge is -2.22. The summed E-state index contributed by atoms with van der Waals surface area (Å²) in [6.45, 7) is 1.29. The van der Waals surface area contributed by atoms with E-state index in [9.17, 15) is 8.78 Å². The van der Waals surface area contributed by atoms with Crippen LogP contribution < -0.4 is 11.5 Å². The van der Waals surface area contributed by atoms with Crippen LogP contribution in [0.25, 0.3) is 0 Å². The first kappa shape index (κ1) is 8.20. The van der Waals surface area contributed by atoms with Crippen LogP contribution in [0, 0.1) is 0 Å². The van der Waals surface area contributed by atoms with E-state index in [0.717, 1.165) is 6.08 Å². The molecule has 62 valence electrons. The minimum Gasteiger partial charge on any atom is -0.400 e. The van der Waals surface area contributed by atoms with Gasteiger partial charge in [0.25, 0.3) is 5.92 Å². The van der Waals surface area contributed by atoms with Crippen molar-refractivity contribution in [2.24, 2.45) is 11.5 Å². The SMILES string of the molecule is CC1=C(N)C(N)C=CC1(F)F. The maximum absolute atomic E-state index is 12.7. The maximum Gasteiger partial charge on any atom is 0.289 e. The van der Waals surface area contributed by atoms with E-state index in [2.05, 4.69) is 0 Å². The monoisotopic (exact) mass is 160 g/mol. The zero-order valence-electron chi connectivity index (χ0n) is 6.14. The molecule has 0 aromatic heterocycles. The predicted octanol–water partition coefficient (Wildman–Crippen LogP) is 0.752. The van der Waals surface area contributed by atoms with Gasteiger partial charge >= 0.3 is 0 Å². The molecule has 1 aliphatic carbocycles. The number of nitrogens with two attached hydrogens (primary N) is 2. The van der Waals surface area contributed by atoms with Crippen LogP contribution in [-0.2, 0) is 0 Å². The number of hydrogen-bond acceptors (Lipinski definition) is 2. The van der Waals surface area contributed by atoms with Crippen molar-refractivity contribution in [1.29, 1.82) is 0 Å². The molecule has 0 aliphatic heterocycles. The van der Waals surface area contributed by atoms with Crippen molar-refractivity contribution < 1.29 is 8.78 Å². The highest BCUT2D eigenvalue weighted by molar-refractivity contribution is 5.34. The van der Waals surface area contributed by atoms with Crippen molar-refractivity contribution in [2.45, 2.75) is 18.9 Å². The fourth-order valence-corrected chi connectivity index (χ4v) is 0.896. The van der Waals surface area contributed by atoms with Crippen molar-refractivity contribution in [3.05, 3.63) is 23.4 Å². The van der Waals surface area contributed by atoms with Crippen LogP contribution in [0.15, 0.2) is 23.4 Å². The third kappa shape index (κ3) is 1.26. The van der Waals surface area contributed by atoms with Crippen LogP contribution in [-0.4, -0.2) is 12.0 Å². The molecular weight excluding hydrogens is 150 g/mol. The topological polar surface area (TPSA) is 52.0 Å². The Labute approximate surface area is 63.6 Å². The Balaban J connectivity index is 3.04. The molecule has 4 heteroatoms. The van der Waals surface area contributed by atoms with Crippen LogP contribution in [0.2, 0.25) is 0 Å². The largest absolute Gasteiger partial charge is 0.400 e. The summed E-state index contributed by atoms with van der Waals surface area (Å²) >= 11 is 0. The Hall–Kier alpha value is -0.900. The molecule has 0 fully saturated rings. The van der Waals surface area contributed by atoms with E-state index in [1.165, 1.54) is 13.0 Å². The third-order valence-corrected chi connectivity index (χ3v) is 1.80. The van der Waals surface area contributed by atoms with Gasteiger partial charge in [-0.25, -0.2) is 0 Å². The quantitative estimate of drug-likeness (QED) is 0.514. The summed E-state index contributed by atoms with van der Waals surface area (Å²) in [6, 6.07) is -0.561. The van der Waals surface area contributed by atoms with Crippen molar-refractivity contribution in [3.8, 4) is 0 Å². The second kappa shape index (κ2) is 2.30. The minimum atomic E-state index is -2.92. The maximum atomic E-state index is 12.7. The highest BCUT2D eigenvalue weighted by atomic mass is 19.3. The normalized spacial score (nSPS) is 29.3. The van der Waals surface area contributed by atoms with Crippen LogP contribution in [0.5, 0.6) is 0 Å². The molecular formula is C7H10F2N2. The first-order valence-electron chi connectivity index (χ1n) is 3.24. The summed E-state index contributed by atoms with van der Waals surface area (Å²) in [7, 11) is 0. The summed E-state index contributed by atoms with van der Waals surface area (Å²) in [5, 5.41) is 0. The average Bonchev–Trinajstić information content (AvgIpc) is 1.95. The van der Waals surface area contributed by atoms with Crippen LogP contribution >= 0.6 is 0 Å². The Bertz CT molecular complexity index is 231. The summed E-state index contributed by atoms with van der Waals surface area (Å²) in [5.74, 6) is -2.92. The highest BCUT2D eigenvalue weighted by Crippen LogP contribution is 2.30. The first-order valence-corrected chi connectivity index (χ1v) is 3.24. The third-order valence-electron chi connectivity index (χ3n) is 1.80. The molecule has 0 radical (unpaired) electrons. The number of halogens is 2. The molecule has 2 nitrogen and oxygen atoms in total. The molecule has 1 rings (SSSR count). The number of allylic oxidation sites excluding steroid dienone is 2. The number of hydrogen-bond donors (Lipinski definition) is 2. The van der Waals surface area contributed by atoms with Crippen molar-refractivity contribution in [1.82, 2.24) is 0 Å². The van der Waals surface area contributed by atoms with E-state index in [1.807, 2.05) is 0 Å². The van der Waals surface area contributed by atoms with E-state index in [0.29, 0.717) is 0 Å². The predicted molar refractivity (Wildman–Crippen MR) is 38.9 cm³/mol. The zero-order chi connectivity index (χ0) is 8.65. The van der Waals surface area contributed by atoms with Gasteiger partial charge in [0.1, 0.15) is 0 Å². The molecule has 0 aromatic carbocycles. The van der Waals surface area contributed by atoms with Crippen molar-refractivity contribution in [2.75, 3.05) is 0 Å². The minimum absolute atomic E-state index is 0.0671. The molecule has 4 N–H and O–H groups in total. The van der Waals surface area contributed by atoms with Gasteiger partial charge in [0.2, 0.25) is 0 Å². The first-order chi connectivity index (χ1) is 4.95. The van der Waals surface area contributed by atoms with Crippen LogP contribution in [0.1, 0.15) is 6.92 Å². The molecule has 0 saturated carbocycles. The summed E-state index contributed by atoms with van der Waals surface area (Å²) in [4.78, 5) is 0. The lowest BCUT2D eigenvalue weighted by atomic mass is 9.98. The van der Waals surface area contributed by atoms with Crippen molar-refractivity contribution >= 4 is 0 Å². The van der Waals surface area contributed by atoms with E-state index in [4.69, 9.17) is 11.5 Å². The molecule has 0 amide bonds. The molecule has 0 saturated heterocycles. The van der Waals surface area contributed by atoms with E-state index in [-0.39, 0.29) is 11.3 Å². The molecule has 1 aliphatic rings. The van der Waals surface area contributed by atoms with Crippen LogP contribution in [0.3, 0.4) is 0 Å². The number of alkyl halides is 2. The van der Waals surface area contributed by atoms with Gasteiger partial charge in [-0.2, -0.15) is 8.78 Å². The van der Waals surface area contributed by atoms with E-state index >= 15 is 0 Å². The molecule has 0 heterocycles. The smallest absolute Gasteiger partial charge is 0.289 e. The molecule has 0 aromatic rings. The summed E-state index contributed by atoms with van der Waals surface area (Å²) in [5.41, 5.74) is 10.6. The second-order valence-corrected chi connectivity index (χ2v) is 2.59. The summed E-state index contributed by atoms with van der Waals surface area (Å²) in [6.07, 6.45) is 1.99. The molecule has 1 unspecified atom stereocenters. The Morgan fingerprint density at radius 1 is 1.55 bits per heavy atom. The highest BCUT2D eigenvalue weighted by Gasteiger charge is 2.33. The average molecular weight is 160 g/mol. The zero-order valence-corrected chi connectivity index (χ0v) is 6.14. The lowest BCUT2D eigenvalue weighted by molar-refractivity contribution is 0.0928. The van der Waals surface area contributed by atoms with Gasteiger partial charge in [-0.05, 0) is 13.0 Å². The standard InChI is InChI=1S/C7H10F2N2/c1-4-6(11)5(10)2-3-7(4,8)9/h2-3,5H,10-11H2,1H3. The van der Waals surface area contributed by atoms with Gasteiger partial charge in [-0.15, -0.1) is 0 Å². The molecule has 0 spiro atoms.